The van der Waals surface area contributed by atoms with Gasteiger partial charge in [-0.15, -0.1) is 10.2 Å². The Morgan fingerprint density at radius 3 is 3.06 bits per heavy atom. The number of rotatable bonds is 6. The average Bonchev–Trinajstić information content (AvgIpc) is 2.88. The number of hydrogen-bond donors (Lipinski definition) is 1. The molecule has 0 bridgehead atoms. The molecular formula is C12H16N4OS. The summed E-state index contributed by atoms with van der Waals surface area (Å²) in [6.07, 6.45) is 4.53. The van der Waals surface area contributed by atoms with Crippen molar-refractivity contribution >= 4 is 11.3 Å². The molecule has 5 nitrogen and oxygen atoms in total. The van der Waals surface area contributed by atoms with E-state index in [0.29, 0.717) is 0 Å². The van der Waals surface area contributed by atoms with E-state index in [-0.39, 0.29) is 0 Å². The first-order valence-electron chi connectivity index (χ1n) is 5.86. The van der Waals surface area contributed by atoms with E-state index in [1.54, 1.807) is 30.8 Å². The van der Waals surface area contributed by atoms with Gasteiger partial charge in [0.05, 0.1) is 18.9 Å². The quantitative estimate of drug-likeness (QED) is 0.810. The van der Waals surface area contributed by atoms with Gasteiger partial charge in [0.1, 0.15) is 10.8 Å². The molecule has 2 heterocycles. The molecule has 18 heavy (non-hydrogen) atoms. The fraction of sp³-hybridized carbons (Fsp3) is 0.417. The van der Waals surface area contributed by atoms with Crippen LogP contribution in [-0.2, 0) is 6.54 Å². The predicted molar refractivity (Wildman–Crippen MR) is 71.7 cm³/mol. The molecular weight excluding hydrogens is 248 g/mol. The molecule has 2 aromatic heterocycles. The Morgan fingerprint density at radius 2 is 2.28 bits per heavy atom. The smallest absolute Gasteiger partial charge is 0.151 e. The van der Waals surface area contributed by atoms with Crippen molar-refractivity contribution in [3.8, 4) is 16.3 Å². The van der Waals surface area contributed by atoms with Gasteiger partial charge in [-0.1, -0.05) is 18.3 Å². The highest BCUT2D eigenvalue weighted by molar-refractivity contribution is 7.14. The third kappa shape index (κ3) is 3.02. The molecule has 0 saturated heterocycles. The van der Waals surface area contributed by atoms with Crippen molar-refractivity contribution in [3.63, 3.8) is 0 Å². The normalized spacial score (nSPS) is 10.6. The third-order valence-electron chi connectivity index (χ3n) is 2.40. The van der Waals surface area contributed by atoms with Crippen LogP contribution in [0.5, 0.6) is 5.75 Å². The van der Waals surface area contributed by atoms with Crippen LogP contribution in [-0.4, -0.2) is 28.8 Å². The Balaban J connectivity index is 2.13. The van der Waals surface area contributed by atoms with Crippen LogP contribution in [0.15, 0.2) is 18.5 Å². The van der Waals surface area contributed by atoms with Crippen molar-refractivity contribution in [2.24, 2.45) is 0 Å². The summed E-state index contributed by atoms with van der Waals surface area (Å²) < 4.78 is 5.27. The number of nitrogens with one attached hydrogen (secondary N) is 1. The fourth-order valence-electron chi connectivity index (χ4n) is 1.53. The minimum absolute atomic E-state index is 0.724. The maximum atomic E-state index is 5.27. The molecule has 2 aromatic rings. The second-order valence-electron chi connectivity index (χ2n) is 3.75. The zero-order chi connectivity index (χ0) is 12.8. The monoisotopic (exact) mass is 264 g/mol. The van der Waals surface area contributed by atoms with Gasteiger partial charge in [0.15, 0.2) is 5.01 Å². The molecule has 0 aliphatic heterocycles. The topological polar surface area (TPSA) is 59.9 Å². The van der Waals surface area contributed by atoms with E-state index >= 15 is 0 Å². The molecule has 2 rings (SSSR count). The number of nitrogens with zero attached hydrogens (tertiary/aromatic N) is 3. The summed E-state index contributed by atoms with van der Waals surface area (Å²) >= 11 is 1.57. The van der Waals surface area contributed by atoms with Gasteiger partial charge in [0.25, 0.3) is 0 Å². The molecule has 0 aromatic carbocycles. The molecule has 0 fully saturated rings. The van der Waals surface area contributed by atoms with Crippen LogP contribution in [0.25, 0.3) is 10.6 Å². The standard InChI is InChI=1S/C12H16N4OS/c1-3-5-13-8-11-15-16-12(18-11)9-4-6-14-7-10(9)17-2/h4,6-7,13H,3,5,8H2,1-2H3. The predicted octanol–water partition coefficient (Wildman–Crippen LogP) is 2.11. The Hall–Kier alpha value is -1.53. The Morgan fingerprint density at radius 1 is 1.39 bits per heavy atom. The molecule has 0 amide bonds. The average molecular weight is 264 g/mol. The lowest BCUT2D eigenvalue weighted by Gasteiger charge is -2.03. The van der Waals surface area contributed by atoms with Gasteiger partial charge in [-0.3, -0.25) is 4.98 Å². The molecule has 0 unspecified atom stereocenters. The zero-order valence-electron chi connectivity index (χ0n) is 10.5. The molecule has 0 radical (unpaired) electrons. The molecule has 0 aliphatic carbocycles. The van der Waals surface area contributed by atoms with Crippen molar-refractivity contribution in [1.29, 1.82) is 0 Å². The van der Waals surface area contributed by atoms with Crippen molar-refractivity contribution in [2.45, 2.75) is 19.9 Å². The lowest BCUT2D eigenvalue weighted by atomic mass is 10.2. The summed E-state index contributed by atoms with van der Waals surface area (Å²) in [5.74, 6) is 0.724. The summed E-state index contributed by atoms with van der Waals surface area (Å²) in [5, 5.41) is 13.5. The second-order valence-corrected chi connectivity index (χ2v) is 4.82. The number of methoxy groups -OCH3 is 1. The lowest BCUT2D eigenvalue weighted by Crippen LogP contribution is -2.13. The highest BCUT2D eigenvalue weighted by Crippen LogP contribution is 2.30. The van der Waals surface area contributed by atoms with Gasteiger partial charge in [0, 0.05) is 12.7 Å². The maximum absolute atomic E-state index is 5.27. The number of aromatic nitrogens is 3. The zero-order valence-corrected chi connectivity index (χ0v) is 11.3. The summed E-state index contributed by atoms with van der Waals surface area (Å²) in [4.78, 5) is 4.03. The lowest BCUT2D eigenvalue weighted by molar-refractivity contribution is 0.414. The van der Waals surface area contributed by atoms with Crippen molar-refractivity contribution in [2.75, 3.05) is 13.7 Å². The molecule has 0 saturated carbocycles. The molecule has 0 atom stereocenters. The van der Waals surface area contributed by atoms with Crippen LogP contribution in [0.1, 0.15) is 18.4 Å². The van der Waals surface area contributed by atoms with Gasteiger partial charge in [-0.25, -0.2) is 0 Å². The Labute approximate surface area is 110 Å². The van der Waals surface area contributed by atoms with Crippen LogP contribution in [0, 0.1) is 0 Å². The first-order chi connectivity index (χ1) is 8.85. The molecule has 1 N–H and O–H groups in total. The van der Waals surface area contributed by atoms with Crippen molar-refractivity contribution in [1.82, 2.24) is 20.5 Å². The van der Waals surface area contributed by atoms with Crippen LogP contribution >= 0.6 is 11.3 Å². The van der Waals surface area contributed by atoms with E-state index < -0.39 is 0 Å². The first-order valence-corrected chi connectivity index (χ1v) is 6.68. The third-order valence-corrected chi connectivity index (χ3v) is 3.36. The number of pyridine rings is 1. The van der Waals surface area contributed by atoms with E-state index in [0.717, 1.165) is 40.8 Å². The van der Waals surface area contributed by atoms with Gasteiger partial charge in [0.2, 0.25) is 0 Å². The van der Waals surface area contributed by atoms with Gasteiger partial charge in [-0.05, 0) is 19.0 Å². The molecule has 96 valence electrons. The highest BCUT2D eigenvalue weighted by atomic mass is 32.1. The van der Waals surface area contributed by atoms with Crippen molar-refractivity contribution in [3.05, 3.63) is 23.5 Å². The van der Waals surface area contributed by atoms with Gasteiger partial charge in [-0.2, -0.15) is 0 Å². The molecule has 6 heteroatoms. The van der Waals surface area contributed by atoms with E-state index in [1.165, 1.54) is 0 Å². The first kappa shape index (κ1) is 12.9. The van der Waals surface area contributed by atoms with E-state index in [4.69, 9.17) is 4.74 Å². The van der Waals surface area contributed by atoms with E-state index in [9.17, 15) is 0 Å². The maximum Gasteiger partial charge on any atom is 0.151 e. The Kier molecular flexibility index (Phi) is 4.60. The SMILES string of the molecule is CCCNCc1nnc(-c2ccncc2OC)s1. The van der Waals surface area contributed by atoms with E-state index in [1.807, 2.05) is 6.07 Å². The summed E-state index contributed by atoms with van der Waals surface area (Å²) in [6, 6.07) is 1.89. The summed E-state index contributed by atoms with van der Waals surface area (Å²) in [6.45, 7) is 3.90. The summed E-state index contributed by atoms with van der Waals surface area (Å²) in [7, 11) is 1.63. The van der Waals surface area contributed by atoms with Crippen LogP contribution in [0.4, 0.5) is 0 Å². The fourth-order valence-corrected chi connectivity index (χ4v) is 2.36. The Bertz CT molecular complexity index is 500. The van der Waals surface area contributed by atoms with Crippen LogP contribution in [0.2, 0.25) is 0 Å². The van der Waals surface area contributed by atoms with Crippen LogP contribution < -0.4 is 10.1 Å². The van der Waals surface area contributed by atoms with E-state index in [2.05, 4.69) is 27.4 Å². The summed E-state index contributed by atoms with van der Waals surface area (Å²) in [5.41, 5.74) is 0.937. The minimum Gasteiger partial charge on any atom is -0.494 e. The van der Waals surface area contributed by atoms with Gasteiger partial charge < -0.3 is 10.1 Å². The molecule has 0 spiro atoms. The largest absolute Gasteiger partial charge is 0.494 e. The number of hydrogen-bond acceptors (Lipinski definition) is 6. The highest BCUT2D eigenvalue weighted by Gasteiger charge is 2.11. The second kappa shape index (κ2) is 6.42. The van der Waals surface area contributed by atoms with Gasteiger partial charge >= 0.3 is 0 Å². The number of ether oxygens (including phenoxy) is 1. The molecule has 0 aliphatic rings. The minimum atomic E-state index is 0.724. The van der Waals surface area contributed by atoms with Crippen molar-refractivity contribution < 1.29 is 4.74 Å². The van der Waals surface area contributed by atoms with Crippen LogP contribution in [0.3, 0.4) is 0 Å².